The van der Waals surface area contributed by atoms with Crippen molar-refractivity contribution in [2.75, 3.05) is 32.4 Å². The molecule has 3 rings (SSSR count). The van der Waals surface area contributed by atoms with E-state index in [4.69, 9.17) is 19.9 Å². The summed E-state index contributed by atoms with van der Waals surface area (Å²) in [7, 11) is 4.71. The number of rotatable bonds is 6. The lowest BCUT2D eigenvalue weighted by Gasteiger charge is -2.14. The third kappa shape index (κ3) is 3.08. The summed E-state index contributed by atoms with van der Waals surface area (Å²) in [5, 5.41) is 6.63. The first-order valence-corrected chi connectivity index (χ1v) is 8.59. The van der Waals surface area contributed by atoms with Gasteiger partial charge >= 0.3 is 0 Å². The highest BCUT2D eigenvalue weighted by Gasteiger charge is 2.16. The summed E-state index contributed by atoms with van der Waals surface area (Å²) >= 11 is 2.96. The Hall–Kier alpha value is -2.52. The van der Waals surface area contributed by atoms with Crippen LogP contribution < -0.4 is 25.3 Å². The molecule has 0 amide bonds. The highest BCUT2D eigenvalue weighted by atomic mass is 32.1. The molecule has 3 N–H and O–H groups in total. The van der Waals surface area contributed by atoms with E-state index in [0.29, 0.717) is 28.2 Å². The van der Waals surface area contributed by atoms with Gasteiger partial charge in [-0.15, -0.1) is 11.3 Å². The van der Waals surface area contributed by atoms with Crippen LogP contribution in [0.3, 0.4) is 0 Å². The van der Waals surface area contributed by atoms with E-state index in [1.54, 1.807) is 27.5 Å². The number of aromatic nitrogens is 2. The lowest BCUT2D eigenvalue weighted by molar-refractivity contribution is 0.324. The van der Waals surface area contributed by atoms with Crippen LogP contribution in [0.15, 0.2) is 23.7 Å². The van der Waals surface area contributed by atoms with Crippen LogP contribution in [0, 0.1) is 0 Å². The molecule has 1 aromatic carbocycles. The number of nitrogens with one attached hydrogen (secondary N) is 1. The molecule has 0 radical (unpaired) electrons. The van der Waals surface area contributed by atoms with Gasteiger partial charge in [0.1, 0.15) is 15.7 Å². The third-order valence-electron chi connectivity index (χ3n) is 3.20. The summed E-state index contributed by atoms with van der Waals surface area (Å²) in [6, 6.07) is 3.62. The highest BCUT2D eigenvalue weighted by molar-refractivity contribution is 7.23. The van der Waals surface area contributed by atoms with Gasteiger partial charge in [-0.1, -0.05) is 11.3 Å². The van der Waals surface area contributed by atoms with E-state index in [1.807, 2.05) is 17.5 Å². The van der Waals surface area contributed by atoms with E-state index in [9.17, 15) is 0 Å². The fourth-order valence-corrected chi connectivity index (χ4v) is 3.80. The quantitative estimate of drug-likeness (QED) is 0.690. The van der Waals surface area contributed by atoms with Crippen molar-refractivity contribution < 1.29 is 14.2 Å². The molecular weight excluding hydrogens is 348 g/mol. The van der Waals surface area contributed by atoms with Gasteiger partial charge in [0.05, 0.1) is 21.3 Å². The Balaban J connectivity index is 1.93. The number of nitrogens with two attached hydrogens (primary N) is 1. The van der Waals surface area contributed by atoms with Gasteiger partial charge < -0.3 is 25.3 Å². The number of nitrogens with zero attached hydrogens (tertiary/aromatic N) is 2. The fourth-order valence-electron chi connectivity index (χ4n) is 2.15. The molecule has 2 aromatic heterocycles. The summed E-state index contributed by atoms with van der Waals surface area (Å²) in [5.74, 6) is 2.10. The molecule has 0 aliphatic rings. The van der Waals surface area contributed by atoms with Gasteiger partial charge in [-0.2, -0.15) is 0 Å². The largest absolute Gasteiger partial charge is 0.493 e. The fraction of sp³-hybridized carbons (Fsp3) is 0.200. The topological polar surface area (TPSA) is 91.5 Å². The predicted molar refractivity (Wildman–Crippen MR) is 97.0 cm³/mol. The molecule has 0 unspecified atom stereocenters. The third-order valence-corrected chi connectivity index (χ3v) is 5.11. The normalized spacial score (nSPS) is 10.5. The number of benzene rings is 1. The Morgan fingerprint density at radius 2 is 1.79 bits per heavy atom. The van der Waals surface area contributed by atoms with Crippen LogP contribution in [0.25, 0.3) is 9.88 Å². The number of hydrogen-bond donors (Lipinski definition) is 2. The van der Waals surface area contributed by atoms with Gasteiger partial charge in [0.2, 0.25) is 5.75 Å². The number of methoxy groups -OCH3 is 3. The molecule has 0 aliphatic carbocycles. The second-order valence-electron chi connectivity index (χ2n) is 4.61. The molecule has 0 bridgehead atoms. The molecule has 2 heterocycles. The molecule has 24 heavy (non-hydrogen) atoms. The molecule has 7 nitrogen and oxygen atoms in total. The van der Waals surface area contributed by atoms with Crippen LogP contribution >= 0.6 is 22.7 Å². The Morgan fingerprint density at radius 1 is 1.08 bits per heavy atom. The number of anilines is 3. The zero-order valence-electron chi connectivity index (χ0n) is 13.3. The Morgan fingerprint density at radius 3 is 2.33 bits per heavy atom. The van der Waals surface area contributed by atoms with Crippen LogP contribution in [0.4, 0.5) is 16.6 Å². The molecule has 9 heteroatoms. The smallest absolute Gasteiger partial charge is 0.203 e. The van der Waals surface area contributed by atoms with E-state index < -0.39 is 0 Å². The van der Waals surface area contributed by atoms with Crippen molar-refractivity contribution >= 4 is 39.3 Å². The summed E-state index contributed by atoms with van der Waals surface area (Å²) in [4.78, 5) is 9.47. The second-order valence-corrected chi connectivity index (χ2v) is 6.50. The van der Waals surface area contributed by atoms with E-state index >= 15 is 0 Å². The van der Waals surface area contributed by atoms with Crippen LogP contribution in [0.1, 0.15) is 0 Å². The highest BCUT2D eigenvalue weighted by Crippen LogP contribution is 2.42. The predicted octanol–water partition coefficient (Wildman–Crippen LogP) is 3.62. The van der Waals surface area contributed by atoms with Crippen LogP contribution in [-0.2, 0) is 0 Å². The molecule has 0 saturated carbocycles. The first kappa shape index (κ1) is 16.3. The van der Waals surface area contributed by atoms with E-state index in [0.717, 1.165) is 15.6 Å². The van der Waals surface area contributed by atoms with Gasteiger partial charge in [0.25, 0.3) is 0 Å². The molecule has 3 aromatic rings. The maximum Gasteiger partial charge on any atom is 0.203 e. The second kappa shape index (κ2) is 6.93. The van der Waals surface area contributed by atoms with Crippen molar-refractivity contribution in [2.45, 2.75) is 0 Å². The monoisotopic (exact) mass is 364 g/mol. The van der Waals surface area contributed by atoms with Gasteiger partial charge in [-0.25, -0.2) is 9.97 Å². The standard InChI is InChI=1S/C15H16N4O3S2/c1-20-9-6-8(7-10(21-2)11(9)22-3)18-15-19-13(16)12(24-15)14-17-4-5-23-14/h4-7H,16H2,1-3H3,(H,18,19). The Bertz CT molecular complexity index is 808. The van der Waals surface area contributed by atoms with Crippen LogP contribution in [0.5, 0.6) is 17.2 Å². The Labute approximate surface area is 147 Å². The summed E-state index contributed by atoms with van der Waals surface area (Å²) < 4.78 is 16.0. The number of thiazole rings is 2. The molecule has 0 aliphatic heterocycles. The van der Waals surface area contributed by atoms with Crippen molar-refractivity contribution in [1.82, 2.24) is 9.97 Å². The van der Waals surface area contributed by atoms with Gasteiger partial charge in [0.15, 0.2) is 16.6 Å². The Kier molecular flexibility index (Phi) is 4.72. The van der Waals surface area contributed by atoms with Crippen LogP contribution in [-0.4, -0.2) is 31.3 Å². The lowest BCUT2D eigenvalue weighted by atomic mass is 10.2. The van der Waals surface area contributed by atoms with Crippen molar-refractivity contribution in [3.05, 3.63) is 23.7 Å². The first-order valence-electron chi connectivity index (χ1n) is 6.89. The minimum Gasteiger partial charge on any atom is -0.493 e. The van der Waals surface area contributed by atoms with Crippen molar-refractivity contribution in [1.29, 1.82) is 0 Å². The molecule has 126 valence electrons. The SMILES string of the molecule is COc1cc(Nc2nc(N)c(-c3nccs3)s2)cc(OC)c1OC. The lowest BCUT2D eigenvalue weighted by Crippen LogP contribution is -1.97. The van der Waals surface area contributed by atoms with Gasteiger partial charge in [-0.05, 0) is 0 Å². The minimum absolute atomic E-state index is 0.449. The van der Waals surface area contributed by atoms with Crippen molar-refractivity contribution in [3.63, 3.8) is 0 Å². The number of nitrogen functional groups attached to an aromatic ring is 1. The molecule has 0 saturated heterocycles. The molecule has 0 spiro atoms. The summed E-state index contributed by atoms with van der Waals surface area (Å²) in [5.41, 5.74) is 6.75. The zero-order chi connectivity index (χ0) is 17.1. The van der Waals surface area contributed by atoms with E-state index in [2.05, 4.69) is 15.3 Å². The summed E-state index contributed by atoms with van der Waals surface area (Å²) in [6.45, 7) is 0. The molecular formula is C15H16N4O3S2. The maximum absolute atomic E-state index is 6.00. The molecule has 0 atom stereocenters. The maximum atomic E-state index is 6.00. The average Bonchev–Trinajstić information content (AvgIpc) is 3.23. The minimum atomic E-state index is 0.449. The van der Waals surface area contributed by atoms with Crippen molar-refractivity contribution in [3.8, 4) is 27.1 Å². The van der Waals surface area contributed by atoms with Crippen LogP contribution in [0.2, 0.25) is 0 Å². The van der Waals surface area contributed by atoms with Gasteiger partial charge in [0, 0.05) is 29.4 Å². The van der Waals surface area contributed by atoms with E-state index in [-0.39, 0.29) is 0 Å². The van der Waals surface area contributed by atoms with Gasteiger partial charge in [-0.3, -0.25) is 0 Å². The zero-order valence-corrected chi connectivity index (χ0v) is 15.0. The number of hydrogen-bond acceptors (Lipinski definition) is 9. The summed E-state index contributed by atoms with van der Waals surface area (Å²) in [6.07, 6.45) is 1.74. The number of ether oxygens (including phenoxy) is 3. The van der Waals surface area contributed by atoms with Crippen molar-refractivity contribution in [2.24, 2.45) is 0 Å². The molecule has 0 fully saturated rings. The first-order chi connectivity index (χ1) is 11.7. The van der Waals surface area contributed by atoms with E-state index in [1.165, 1.54) is 22.7 Å². The average molecular weight is 364 g/mol.